The fourth-order valence-electron chi connectivity index (χ4n) is 2.32. The first-order valence-corrected chi connectivity index (χ1v) is 7.11. The van der Waals surface area contributed by atoms with Crippen LogP contribution in [0.15, 0.2) is 0 Å². The molecule has 1 aliphatic heterocycles. The molecule has 2 N–H and O–H groups in total. The highest BCUT2D eigenvalue weighted by Crippen LogP contribution is 2.19. The van der Waals surface area contributed by atoms with Crippen LogP contribution in [0.2, 0.25) is 0 Å². The van der Waals surface area contributed by atoms with Crippen molar-refractivity contribution in [2.24, 2.45) is 0 Å². The van der Waals surface area contributed by atoms with E-state index in [0.717, 1.165) is 19.3 Å². The van der Waals surface area contributed by atoms with E-state index < -0.39 is 6.03 Å². The van der Waals surface area contributed by atoms with Crippen LogP contribution in [-0.4, -0.2) is 54.6 Å². The van der Waals surface area contributed by atoms with Crippen LogP contribution < -0.4 is 10.6 Å². The first kappa shape index (κ1) is 14.8. The minimum atomic E-state index is -0.454. The molecule has 0 aromatic rings. The van der Waals surface area contributed by atoms with Gasteiger partial charge < -0.3 is 10.1 Å². The molecule has 1 atom stereocenters. The standard InChI is InChI=1S/C13H21N3O4/c1-2-20-12(18)10-4-3-7-16(10)8-11(17)15-13(19)14-9-5-6-9/h9-10H,2-8H2,1H3,(H2,14,15,17,19). The maximum absolute atomic E-state index is 11.8. The fourth-order valence-corrected chi connectivity index (χ4v) is 2.32. The van der Waals surface area contributed by atoms with Gasteiger partial charge in [0.1, 0.15) is 6.04 Å². The zero-order chi connectivity index (χ0) is 14.5. The van der Waals surface area contributed by atoms with Crippen molar-refractivity contribution in [3.8, 4) is 0 Å². The molecular formula is C13H21N3O4. The van der Waals surface area contributed by atoms with Gasteiger partial charge in [0, 0.05) is 6.04 Å². The van der Waals surface area contributed by atoms with Gasteiger partial charge in [0.2, 0.25) is 5.91 Å². The number of carbonyl (C=O) groups is 3. The van der Waals surface area contributed by atoms with Crippen LogP contribution in [0.3, 0.4) is 0 Å². The summed E-state index contributed by atoms with van der Waals surface area (Å²) in [6.45, 7) is 2.80. The van der Waals surface area contributed by atoms with Crippen molar-refractivity contribution in [3.63, 3.8) is 0 Å². The second-order valence-electron chi connectivity index (χ2n) is 5.18. The number of nitrogens with one attached hydrogen (secondary N) is 2. The van der Waals surface area contributed by atoms with Gasteiger partial charge in [-0.2, -0.15) is 0 Å². The Morgan fingerprint density at radius 2 is 2.00 bits per heavy atom. The van der Waals surface area contributed by atoms with Gasteiger partial charge in [0.05, 0.1) is 13.2 Å². The summed E-state index contributed by atoms with van der Waals surface area (Å²) in [5.41, 5.74) is 0. The van der Waals surface area contributed by atoms with Gasteiger partial charge in [0.25, 0.3) is 0 Å². The van der Waals surface area contributed by atoms with Crippen molar-refractivity contribution in [2.45, 2.75) is 44.7 Å². The van der Waals surface area contributed by atoms with E-state index in [0.29, 0.717) is 19.6 Å². The summed E-state index contributed by atoms with van der Waals surface area (Å²) in [6, 6.07) is -0.613. The lowest BCUT2D eigenvalue weighted by molar-refractivity contribution is -0.148. The Balaban J connectivity index is 1.76. The molecule has 3 amide bonds. The molecule has 0 spiro atoms. The van der Waals surface area contributed by atoms with E-state index >= 15 is 0 Å². The zero-order valence-corrected chi connectivity index (χ0v) is 11.7. The van der Waals surface area contributed by atoms with Crippen molar-refractivity contribution in [1.29, 1.82) is 0 Å². The summed E-state index contributed by atoms with van der Waals surface area (Å²) < 4.78 is 4.99. The Labute approximate surface area is 118 Å². The first-order valence-electron chi connectivity index (χ1n) is 7.11. The van der Waals surface area contributed by atoms with Crippen LogP contribution in [-0.2, 0) is 14.3 Å². The first-order chi connectivity index (χ1) is 9.60. The number of rotatable bonds is 5. The topological polar surface area (TPSA) is 87.7 Å². The Kier molecular flexibility index (Phi) is 4.94. The number of hydrogen-bond donors (Lipinski definition) is 2. The van der Waals surface area contributed by atoms with Gasteiger partial charge in [-0.05, 0) is 39.2 Å². The summed E-state index contributed by atoms with van der Waals surface area (Å²) in [5, 5.41) is 4.97. The summed E-state index contributed by atoms with van der Waals surface area (Å²) >= 11 is 0. The second kappa shape index (κ2) is 6.69. The van der Waals surface area contributed by atoms with Crippen molar-refractivity contribution >= 4 is 17.9 Å². The highest BCUT2D eigenvalue weighted by Gasteiger charge is 2.33. The van der Waals surface area contributed by atoms with Gasteiger partial charge in [-0.1, -0.05) is 0 Å². The van der Waals surface area contributed by atoms with Gasteiger partial charge in [0.15, 0.2) is 0 Å². The maximum atomic E-state index is 11.8. The van der Waals surface area contributed by atoms with E-state index in [1.165, 1.54) is 0 Å². The van der Waals surface area contributed by atoms with Crippen LogP contribution in [0.5, 0.6) is 0 Å². The van der Waals surface area contributed by atoms with Crippen LogP contribution in [0, 0.1) is 0 Å². The fraction of sp³-hybridized carbons (Fsp3) is 0.769. The monoisotopic (exact) mass is 283 g/mol. The third-order valence-electron chi connectivity index (χ3n) is 3.43. The predicted octanol–water partition coefficient (Wildman–Crippen LogP) is 0.00210. The second-order valence-corrected chi connectivity index (χ2v) is 5.18. The molecule has 112 valence electrons. The Morgan fingerprint density at radius 3 is 2.65 bits per heavy atom. The Bertz CT molecular complexity index is 395. The molecule has 7 nitrogen and oxygen atoms in total. The molecule has 2 fully saturated rings. The number of hydrogen-bond acceptors (Lipinski definition) is 5. The van der Waals surface area contributed by atoms with E-state index in [2.05, 4.69) is 10.6 Å². The summed E-state index contributed by atoms with van der Waals surface area (Å²) in [4.78, 5) is 36.7. The van der Waals surface area contributed by atoms with Crippen molar-refractivity contribution < 1.29 is 19.1 Å². The molecule has 1 heterocycles. The molecule has 0 radical (unpaired) electrons. The number of urea groups is 1. The smallest absolute Gasteiger partial charge is 0.323 e. The van der Waals surface area contributed by atoms with E-state index in [9.17, 15) is 14.4 Å². The van der Waals surface area contributed by atoms with Crippen molar-refractivity contribution in [2.75, 3.05) is 19.7 Å². The number of ether oxygens (including phenoxy) is 1. The lowest BCUT2D eigenvalue weighted by Gasteiger charge is -2.21. The number of likely N-dealkylation sites (tertiary alicyclic amines) is 1. The lowest BCUT2D eigenvalue weighted by atomic mass is 10.2. The normalized spacial score (nSPS) is 22.4. The third kappa shape index (κ3) is 4.19. The minimum Gasteiger partial charge on any atom is -0.465 e. The highest BCUT2D eigenvalue weighted by molar-refractivity contribution is 5.95. The number of nitrogens with zero attached hydrogens (tertiary/aromatic N) is 1. The molecule has 1 saturated carbocycles. The molecule has 0 aromatic carbocycles. The van der Waals surface area contributed by atoms with Gasteiger partial charge in [-0.3, -0.25) is 19.8 Å². The zero-order valence-electron chi connectivity index (χ0n) is 11.7. The van der Waals surface area contributed by atoms with Crippen LogP contribution in [0.25, 0.3) is 0 Å². The molecule has 0 bridgehead atoms. The largest absolute Gasteiger partial charge is 0.465 e. The SMILES string of the molecule is CCOC(=O)C1CCCN1CC(=O)NC(=O)NC1CC1. The van der Waals surface area contributed by atoms with Crippen LogP contribution >= 0.6 is 0 Å². The highest BCUT2D eigenvalue weighted by atomic mass is 16.5. The van der Waals surface area contributed by atoms with Crippen molar-refractivity contribution in [1.82, 2.24) is 15.5 Å². The molecule has 20 heavy (non-hydrogen) atoms. The minimum absolute atomic E-state index is 0.0432. The maximum Gasteiger partial charge on any atom is 0.323 e. The summed E-state index contributed by atoms with van der Waals surface area (Å²) in [7, 11) is 0. The molecule has 1 aliphatic carbocycles. The Hall–Kier alpha value is -1.63. The summed E-state index contributed by atoms with van der Waals surface area (Å²) in [6.07, 6.45) is 3.49. The van der Waals surface area contributed by atoms with Crippen LogP contribution in [0.1, 0.15) is 32.6 Å². The van der Waals surface area contributed by atoms with Crippen LogP contribution in [0.4, 0.5) is 4.79 Å². The molecule has 1 unspecified atom stereocenters. The number of imide groups is 1. The van der Waals surface area contributed by atoms with Gasteiger partial charge in [-0.15, -0.1) is 0 Å². The van der Waals surface area contributed by atoms with Gasteiger partial charge >= 0.3 is 12.0 Å². The van der Waals surface area contributed by atoms with Gasteiger partial charge in [-0.25, -0.2) is 4.79 Å². The molecule has 2 aliphatic rings. The average molecular weight is 283 g/mol. The predicted molar refractivity (Wildman–Crippen MR) is 70.9 cm³/mol. The van der Waals surface area contributed by atoms with E-state index in [1.807, 2.05) is 0 Å². The number of esters is 1. The third-order valence-corrected chi connectivity index (χ3v) is 3.43. The summed E-state index contributed by atoms with van der Waals surface area (Å²) in [5.74, 6) is -0.681. The quantitative estimate of drug-likeness (QED) is 0.694. The molecule has 0 aromatic heterocycles. The lowest BCUT2D eigenvalue weighted by Crippen LogP contribution is -2.47. The molecule has 1 saturated heterocycles. The number of amides is 3. The van der Waals surface area contributed by atoms with E-state index in [-0.39, 0.29) is 30.5 Å². The molecule has 2 rings (SSSR count). The van der Waals surface area contributed by atoms with E-state index in [1.54, 1.807) is 11.8 Å². The molecule has 7 heteroatoms. The van der Waals surface area contributed by atoms with E-state index in [4.69, 9.17) is 4.74 Å². The number of carbonyl (C=O) groups excluding carboxylic acids is 3. The molecular weight excluding hydrogens is 262 g/mol. The van der Waals surface area contributed by atoms with Crippen molar-refractivity contribution in [3.05, 3.63) is 0 Å². The Morgan fingerprint density at radius 1 is 1.25 bits per heavy atom. The average Bonchev–Trinajstić information content (AvgIpc) is 3.05.